The van der Waals surface area contributed by atoms with Crippen LogP contribution in [0.15, 0.2) is 0 Å². The van der Waals surface area contributed by atoms with Crippen LogP contribution in [-0.2, 0) is 4.74 Å². The van der Waals surface area contributed by atoms with E-state index in [1.54, 1.807) is 7.11 Å². The van der Waals surface area contributed by atoms with E-state index in [1.165, 1.54) is 12.8 Å². The molecule has 1 fully saturated rings. The molecule has 0 aliphatic heterocycles. The highest BCUT2D eigenvalue weighted by atomic mass is 16.5. The molecule has 0 radical (unpaired) electrons. The predicted molar refractivity (Wildman–Crippen MR) is 59.3 cm³/mol. The van der Waals surface area contributed by atoms with Gasteiger partial charge in [-0.1, -0.05) is 0 Å². The van der Waals surface area contributed by atoms with Gasteiger partial charge in [-0.2, -0.15) is 0 Å². The molecule has 0 saturated heterocycles. The molecule has 84 valence electrons. The van der Waals surface area contributed by atoms with Gasteiger partial charge in [-0.3, -0.25) is 4.90 Å². The summed E-state index contributed by atoms with van der Waals surface area (Å²) in [6, 6.07) is 1.14. The van der Waals surface area contributed by atoms with Crippen molar-refractivity contribution in [2.45, 2.75) is 38.8 Å². The fourth-order valence-corrected chi connectivity index (χ4v) is 2.01. The van der Waals surface area contributed by atoms with Crippen LogP contribution >= 0.6 is 0 Å². The van der Waals surface area contributed by atoms with Gasteiger partial charge in [0.1, 0.15) is 0 Å². The highest BCUT2D eigenvalue weighted by Gasteiger charge is 2.33. The van der Waals surface area contributed by atoms with E-state index in [9.17, 15) is 0 Å². The van der Waals surface area contributed by atoms with Gasteiger partial charge in [0.05, 0.1) is 6.61 Å². The maximum Gasteiger partial charge on any atom is 0.0589 e. The average Bonchev–Trinajstić information content (AvgIpc) is 3.00. The molecule has 0 bridgehead atoms. The second-order valence-corrected chi connectivity index (χ2v) is 4.39. The predicted octanol–water partition coefficient (Wildman–Crippen LogP) is 1.08. The second kappa shape index (κ2) is 5.69. The molecule has 1 aliphatic rings. The molecule has 14 heavy (non-hydrogen) atoms. The van der Waals surface area contributed by atoms with E-state index in [2.05, 4.69) is 18.7 Å². The molecule has 1 saturated carbocycles. The Kier molecular flexibility index (Phi) is 4.85. The molecule has 3 heteroatoms. The van der Waals surface area contributed by atoms with Crippen molar-refractivity contribution in [3.05, 3.63) is 0 Å². The van der Waals surface area contributed by atoms with E-state index in [-0.39, 0.29) is 0 Å². The first kappa shape index (κ1) is 12.0. The molecule has 2 atom stereocenters. The standard InChI is InChI=1S/C11H24N2O/c1-9(8-12)13(6-7-14-3)10(2)11-4-5-11/h9-11H,4-8,12H2,1-3H3. The van der Waals surface area contributed by atoms with Crippen molar-refractivity contribution in [3.8, 4) is 0 Å². The van der Waals surface area contributed by atoms with Crippen LogP contribution in [0.25, 0.3) is 0 Å². The zero-order valence-electron chi connectivity index (χ0n) is 9.70. The number of rotatable bonds is 7. The first-order valence-corrected chi connectivity index (χ1v) is 5.65. The van der Waals surface area contributed by atoms with Gasteiger partial charge < -0.3 is 10.5 Å². The number of ether oxygens (including phenoxy) is 1. The van der Waals surface area contributed by atoms with Crippen LogP contribution in [0.4, 0.5) is 0 Å². The van der Waals surface area contributed by atoms with Gasteiger partial charge in [0.25, 0.3) is 0 Å². The Bertz CT molecular complexity index is 159. The number of nitrogens with two attached hydrogens (primary N) is 1. The third-order valence-electron chi connectivity index (χ3n) is 3.29. The zero-order chi connectivity index (χ0) is 10.6. The number of nitrogens with zero attached hydrogens (tertiary/aromatic N) is 1. The number of methoxy groups -OCH3 is 1. The van der Waals surface area contributed by atoms with Crippen molar-refractivity contribution in [2.24, 2.45) is 11.7 Å². The van der Waals surface area contributed by atoms with Gasteiger partial charge in [-0.05, 0) is 32.6 Å². The first-order valence-electron chi connectivity index (χ1n) is 5.65. The Morgan fingerprint density at radius 3 is 2.50 bits per heavy atom. The summed E-state index contributed by atoms with van der Waals surface area (Å²) in [7, 11) is 1.76. The van der Waals surface area contributed by atoms with E-state index in [0.29, 0.717) is 12.1 Å². The van der Waals surface area contributed by atoms with Crippen LogP contribution in [0, 0.1) is 5.92 Å². The van der Waals surface area contributed by atoms with Gasteiger partial charge in [-0.15, -0.1) is 0 Å². The summed E-state index contributed by atoms with van der Waals surface area (Å²) in [4.78, 5) is 2.49. The Morgan fingerprint density at radius 2 is 2.07 bits per heavy atom. The molecule has 0 spiro atoms. The smallest absolute Gasteiger partial charge is 0.0589 e. The summed E-state index contributed by atoms with van der Waals surface area (Å²) in [6.45, 7) is 7.07. The van der Waals surface area contributed by atoms with E-state index in [4.69, 9.17) is 10.5 Å². The SMILES string of the molecule is COCCN(C(C)CN)C(C)C1CC1. The molecule has 0 aromatic rings. The molecule has 1 aliphatic carbocycles. The molecular formula is C11H24N2O. The van der Waals surface area contributed by atoms with Crippen LogP contribution in [0.1, 0.15) is 26.7 Å². The monoisotopic (exact) mass is 200 g/mol. The lowest BCUT2D eigenvalue weighted by Crippen LogP contribution is -2.46. The molecule has 2 N–H and O–H groups in total. The van der Waals surface area contributed by atoms with Crippen LogP contribution in [0.5, 0.6) is 0 Å². The average molecular weight is 200 g/mol. The fraction of sp³-hybridized carbons (Fsp3) is 1.00. The Morgan fingerprint density at radius 1 is 1.43 bits per heavy atom. The van der Waals surface area contributed by atoms with Crippen LogP contribution < -0.4 is 5.73 Å². The zero-order valence-corrected chi connectivity index (χ0v) is 9.70. The van der Waals surface area contributed by atoms with Crippen molar-refractivity contribution in [1.29, 1.82) is 0 Å². The van der Waals surface area contributed by atoms with Crippen molar-refractivity contribution in [1.82, 2.24) is 4.90 Å². The summed E-state index contributed by atoms with van der Waals surface area (Å²) >= 11 is 0. The quantitative estimate of drug-likeness (QED) is 0.668. The van der Waals surface area contributed by atoms with Crippen molar-refractivity contribution >= 4 is 0 Å². The van der Waals surface area contributed by atoms with E-state index >= 15 is 0 Å². The number of hydrogen-bond acceptors (Lipinski definition) is 3. The Balaban J connectivity index is 2.41. The third kappa shape index (κ3) is 3.23. The molecule has 0 aromatic carbocycles. The fourth-order valence-electron chi connectivity index (χ4n) is 2.01. The lowest BCUT2D eigenvalue weighted by atomic mass is 10.1. The Hall–Kier alpha value is -0.120. The largest absolute Gasteiger partial charge is 0.383 e. The molecule has 3 nitrogen and oxygen atoms in total. The van der Waals surface area contributed by atoms with E-state index in [0.717, 1.165) is 25.6 Å². The van der Waals surface area contributed by atoms with E-state index < -0.39 is 0 Å². The first-order chi connectivity index (χ1) is 6.70. The maximum atomic E-state index is 5.72. The summed E-state index contributed by atoms with van der Waals surface area (Å²) in [6.07, 6.45) is 2.78. The highest BCUT2D eigenvalue weighted by Crippen LogP contribution is 2.35. The van der Waals surface area contributed by atoms with Crippen LogP contribution in [0.3, 0.4) is 0 Å². The Labute approximate surface area is 87.6 Å². The van der Waals surface area contributed by atoms with Crippen molar-refractivity contribution < 1.29 is 4.74 Å². The highest BCUT2D eigenvalue weighted by molar-refractivity contribution is 4.87. The van der Waals surface area contributed by atoms with Gasteiger partial charge in [0, 0.05) is 32.3 Å². The normalized spacial score (nSPS) is 21.2. The molecule has 0 heterocycles. The minimum Gasteiger partial charge on any atom is -0.383 e. The molecular weight excluding hydrogens is 176 g/mol. The lowest BCUT2D eigenvalue weighted by Gasteiger charge is -2.34. The summed E-state index contributed by atoms with van der Waals surface area (Å²) in [5.74, 6) is 0.904. The summed E-state index contributed by atoms with van der Waals surface area (Å²) in [5.41, 5.74) is 5.72. The van der Waals surface area contributed by atoms with Crippen LogP contribution in [0.2, 0.25) is 0 Å². The van der Waals surface area contributed by atoms with Crippen molar-refractivity contribution in [3.63, 3.8) is 0 Å². The van der Waals surface area contributed by atoms with Gasteiger partial charge >= 0.3 is 0 Å². The summed E-state index contributed by atoms with van der Waals surface area (Å²) in [5, 5.41) is 0. The van der Waals surface area contributed by atoms with Gasteiger partial charge in [0.2, 0.25) is 0 Å². The molecule has 0 amide bonds. The maximum absolute atomic E-state index is 5.72. The van der Waals surface area contributed by atoms with Crippen molar-refractivity contribution in [2.75, 3.05) is 26.8 Å². The van der Waals surface area contributed by atoms with Gasteiger partial charge in [-0.25, -0.2) is 0 Å². The lowest BCUT2D eigenvalue weighted by molar-refractivity contribution is 0.0900. The third-order valence-corrected chi connectivity index (χ3v) is 3.29. The topological polar surface area (TPSA) is 38.5 Å². The molecule has 0 aromatic heterocycles. The summed E-state index contributed by atoms with van der Waals surface area (Å²) < 4.78 is 5.13. The van der Waals surface area contributed by atoms with Crippen LogP contribution in [-0.4, -0.2) is 43.8 Å². The minimum absolute atomic E-state index is 0.473. The molecule has 2 unspecified atom stereocenters. The number of hydrogen-bond donors (Lipinski definition) is 1. The second-order valence-electron chi connectivity index (χ2n) is 4.39. The minimum atomic E-state index is 0.473. The van der Waals surface area contributed by atoms with E-state index in [1.807, 2.05) is 0 Å². The molecule has 1 rings (SSSR count). The van der Waals surface area contributed by atoms with Gasteiger partial charge in [0.15, 0.2) is 0 Å².